The molecule has 0 bridgehead atoms. The summed E-state index contributed by atoms with van der Waals surface area (Å²) in [4.78, 5) is 32.6. The van der Waals surface area contributed by atoms with Crippen LogP contribution in [0.25, 0.3) is 0 Å². The summed E-state index contributed by atoms with van der Waals surface area (Å²) in [6.07, 6.45) is 6.25. The van der Waals surface area contributed by atoms with Gasteiger partial charge in [0.05, 0.1) is 12.0 Å². The molecule has 1 amide bonds. The molecule has 0 unspecified atom stereocenters. The molecule has 1 N–H and O–H groups in total. The number of hydrogen-bond acceptors (Lipinski definition) is 4. The van der Waals surface area contributed by atoms with Crippen LogP contribution in [0.2, 0.25) is 0 Å². The van der Waals surface area contributed by atoms with Crippen molar-refractivity contribution in [1.82, 2.24) is 14.9 Å². The van der Waals surface area contributed by atoms with Gasteiger partial charge in [0.15, 0.2) is 0 Å². The Morgan fingerprint density at radius 3 is 2.38 bits per heavy atom. The number of carbonyl (C=O) groups is 2. The average Bonchev–Trinajstić information content (AvgIpc) is 2.52. The van der Waals surface area contributed by atoms with Gasteiger partial charge in [-0.25, -0.2) is 0 Å². The fourth-order valence-electron chi connectivity index (χ4n) is 1.87. The maximum atomic E-state index is 12.4. The fraction of sp³-hybridized carbons (Fsp3) is 0.200. The zero-order chi connectivity index (χ0) is 15.1. The summed E-state index contributed by atoms with van der Waals surface area (Å²) in [6, 6.07) is 6.95. The van der Waals surface area contributed by atoms with E-state index in [1.165, 1.54) is 11.1 Å². The maximum absolute atomic E-state index is 12.4. The van der Waals surface area contributed by atoms with Gasteiger partial charge in [0.2, 0.25) is 0 Å². The highest BCUT2D eigenvalue weighted by Gasteiger charge is 2.17. The number of carboxylic acid groups (broad SMARTS) is 1. The Morgan fingerprint density at radius 1 is 1.10 bits per heavy atom. The summed E-state index contributed by atoms with van der Waals surface area (Å²) >= 11 is 0. The van der Waals surface area contributed by atoms with Crippen LogP contribution in [-0.4, -0.2) is 38.4 Å². The molecule has 21 heavy (non-hydrogen) atoms. The highest BCUT2D eigenvalue weighted by molar-refractivity contribution is 5.94. The number of nitrogens with zero attached hydrogens (tertiary/aromatic N) is 3. The van der Waals surface area contributed by atoms with Gasteiger partial charge in [-0.05, 0) is 23.8 Å². The van der Waals surface area contributed by atoms with E-state index in [1.807, 2.05) is 6.07 Å². The van der Waals surface area contributed by atoms with Crippen molar-refractivity contribution < 1.29 is 14.7 Å². The third-order valence-corrected chi connectivity index (χ3v) is 2.89. The standard InChI is InChI=1S/C15H15N3O3/c19-14(20)5-8-18(11-12-3-1-6-16-9-12)15(21)13-4-2-7-17-10-13/h1-4,6-7,9-10H,5,8,11H2,(H,19,20). The largest absolute Gasteiger partial charge is 0.481 e. The molecule has 6 nitrogen and oxygen atoms in total. The van der Waals surface area contributed by atoms with Crippen LogP contribution < -0.4 is 0 Å². The van der Waals surface area contributed by atoms with Gasteiger partial charge in [-0.3, -0.25) is 19.6 Å². The first-order chi connectivity index (χ1) is 10.2. The first kappa shape index (κ1) is 14.6. The number of aromatic nitrogens is 2. The molecule has 0 radical (unpaired) electrons. The molecule has 6 heteroatoms. The molecule has 0 saturated heterocycles. The van der Waals surface area contributed by atoms with Crippen LogP contribution in [-0.2, 0) is 11.3 Å². The van der Waals surface area contributed by atoms with Gasteiger partial charge in [-0.15, -0.1) is 0 Å². The Bertz CT molecular complexity index is 602. The molecule has 0 aliphatic rings. The minimum Gasteiger partial charge on any atom is -0.481 e. The minimum atomic E-state index is -0.940. The number of pyridine rings is 2. The van der Waals surface area contributed by atoms with Crippen molar-refractivity contribution in [2.75, 3.05) is 6.54 Å². The van der Waals surface area contributed by atoms with Crippen LogP contribution in [0.15, 0.2) is 49.1 Å². The van der Waals surface area contributed by atoms with E-state index in [-0.39, 0.29) is 18.9 Å². The molecule has 0 aliphatic heterocycles. The lowest BCUT2D eigenvalue weighted by molar-refractivity contribution is -0.137. The van der Waals surface area contributed by atoms with E-state index in [4.69, 9.17) is 5.11 Å². The van der Waals surface area contributed by atoms with E-state index in [1.54, 1.807) is 36.8 Å². The second-order valence-corrected chi connectivity index (χ2v) is 4.47. The normalized spacial score (nSPS) is 10.1. The summed E-state index contributed by atoms with van der Waals surface area (Å²) in [5, 5.41) is 8.82. The number of rotatable bonds is 6. The minimum absolute atomic E-state index is 0.105. The van der Waals surface area contributed by atoms with E-state index >= 15 is 0 Å². The number of carbonyl (C=O) groups excluding carboxylic acids is 1. The van der Waals surface area contributed by atoms with E-state index in [0.29, 0.717) is 12.1 Å². The van der Waals surface area contributed by atoms with Crippen molar-refractivity contribution in [3.8, 4) is 0 Å². The van der Waals surface area contributed by atoms with Crippen LogP contribution in [0.3, 0.4) is 0 Å². The Hall–Kier alpha value is -2.76. The zero-order valence-corrected chi connectivity index (χ0v) is 11.3. The van der Waals surface area contributed by atoms with Gasteiger partial charge in [0, 0.05) is 37.9 Å². The highest BCUT2D eigenvalue weighted by atomic mass is 16.4. The Kier molecular flexibility index (Phi) is 4.98. The van der Waals surface area contributed by atoms with Crippen molar-refractivity contribution in [1.29, 1.82) is 0 Å². The molecule has 2 aromatic rings. The molecular formula is C15H15N3O3. The van der Waals surface area contributed by atoms with Gasteiger partial charge in [-0.1, -0.05) is 6.07 Å². The highest BCUT2D eigenvalue weighted by Crippen LogP contribution is 2.09. The molecule has 0 atom stereocenters. The van der Waals surface area contributed by atoms with Crippen LogP contribution in [0.5, 0.6) is 0 Å². The van der Waals surface area contributed by atoms with Crippen LogP contribution in [0.4, 0.5) is 0 Å². The van der Waals surface area contributed by atoms with Crippen molar-refractivity contribution in [2.45, 2.75) is 13.0 Å². The molecule has 2 aromatic heterocycles. The number of amides is 1. The number of carboxylic acids is 1. The Balaban J connectivity index is 2.15. The second kappa shape index (κ2) is 7.14. The molecule has 0 spiro atoms. The van der Waals surface area contributed by atoms with E-state index in [0.717, 1.165) is 5.56 Å². The monoisotopic (exact) mass is 285 g/mol. The molecule has 0 fully saturated rings. The Morgan fingerprint density at radius 2 is 1.81 bits per heavy atom. The van der Waals surface area contributed by atoms with Crippen molar-refractivity contribution in [3.05, 3.63) is 60.2 Å². The summed E-state index contributed by atoms with van der Waals surface area (Å²) in [5.41, 5.74) is 1.28. The summed E-state index contributed by atoms with van der Waals surface area (Å²) < 4.78 is 0. The first-order valence-corrected chi connectivity index (χ1v) is 6.47. The van der Waals surface area contributed by atoms with Gasteiger partial charge in [0.1, 0.15) is 0 Å². The Labute approximate surface area is 122 Å². The SMILES string of the molecule is O=C(O)CCN(Cc1cccnc1)C(=O)c1cccnc1. The number of aliphatic carboxylic acids is 1. The van der Waals surface area contributed by atoms with E-state index in [9.17, 15) is 9.59 Å². The van der Waals surface area contributed by atoms with E-state index in [2.05, 4.69) is 9.97 Å². The second-order valence-electron chi connectivity index (χ2n) is 4.47. The lowest BCUT2D eigenvalue weighted by Crippen LogP contribution is -2.32. The van der Waals surface area contributed by atoms with Crippen molar-refractivity contribution in [3.63, 3.8) is 0 Å². The zero-order valence-electron chi connectivity index (χ0n) is 11.3. The summed E-state index contributed by atoms with van der Waals surface area (Å²) in [5.74, 6) is -1.18. The lowest BCUT2D eigenvalue weighted by atomic mass is 10.2. The quantitative estimate of drug-likeness (QED) is 0.871. The predicted molar refractivity (Wildman–Crippen MR) is 75.5 cm³/mol. The molecule has 2 heterocycles. The van der Waals surface area contributed by atoms with Crippen LogP contribution in [0, 0.1) is 0 Å². The smallest absolute Gasteiger partial charge is 0.305 e. The van der Waals surface area contributed by atoms with Crippen LogP contribution >= 0.6 is 0 Å². The topological polar surface area (TPSA) is 83.4 Å². The maximum Gasteiger partial charge on any atom is 0.305 e. The van der Waals surface area contributed by atoms with E-state index < -0.39 is 5.97 Å². The average molecular weight is 285 g/mol. The first-order valence-electron chi connectivity index (χ1n) is 6.47. The molecule has 0 aromatic carbocycles. The molecular weight excluding hydrogens is 270 g/mol. The molecule has 108 valence electrons. The van der Waals surface area contributed by atoms with Crippen LogP contribution in [0.1, 0.15) is 22.3 Å². The van der Waals surface area contributed by atoms with Gasteiger partial charge >= 0.3 is 5.97 Å². The third kappa shape index (κ3) is 4.38. The molecule has 0 aliphatic carbocycles. The lowest BCUT2D eigenvalue weighted by Gasteiger charge is -2.22. The number of hydrogen-bond donors (Lipinski definition) is 1. The predicted octanol–water partition coefficient (Wildman–Crippen LogP) is 1.59. The van der Waals surface area contributed by atoms with Crippen molar-refractivity contribution >= 4 is 11.9 Å². The van der Waals surface area contributed by atoms with Crippen molar-refractivity contribution in [2.24, 2.45) is 0 Å². The molecule has 0 saturated carbocycles. The summed E-state index contributed by atoms with van der Waals surface area (Å²) in [6.45, 7) is 0.451. The van der Waals surface area contributed by atoms with Gasteiger partial charge < -0.3 is 10.0 Å². The van der Waals surface area contributed by atoms with Gasteiger partial charge in [0.25, 0.3) is 5.91 Å². The molecule has 2 rings (SSSR count). The fourth-order valence-corrected chi connectivity index (χ4v) is 1.87. The summed E-state index contributed by atoms with van der Waals surface area (Å²) in [7, 11) is 0. The van der Waals surface area contributed by atoms with Gasteiger partial charge in [-0.2, -0.15) is 0 Å². The third-order valence-electron chi connectivity index (χ3n) is 2.89.